The first kappa shape index (κ1) is 13.9. The Balaban J connectivity index is 2.24. The van der Waals surface area contributed by atoms with Gasteiger partial charge in [-0.1, -0.05) is 46.3 Å². The van der Waals surface area contributed by atoms with Crippen LogP contribution in [0.4, 0.5) is 11.4 Å². The molecule has 2 aromatic rings. The van der Waals surface area contributed by atoms with Gasteiger partial charge < -0.3 is 4.90 Å². The van der Waals surface area contributed by atoms with Gasteiger partial charge >= 0.3 is 0 Å². The second kappa shape index (κ2) is 5.37. The van der Waals surface area contributed by atoms with E-state index in [9.17, 15) is 4.79 Å². The van der Waals surface area contributed by atoms with E-state index in [4.69, 9.17) is 0 Å². The zero-order valence-electron chi connectivity index (χ0n) is 11.9. The molecule has 0 radical (unpaired) electrons. The van der Waals surface area contributed by atoms with Crippen LogP contribution in [0.25, 0.3) is 0 Å². The van der Waals surface area contributed by atoms with Gasteiger partial charge in [-0.25, -0.2) is 0 Å². The number of hydrogen-bond donors (Lipinski definition) is 0. The molecular weight excluding hydrogens is 328 g/mol. The van der Waals surface area contributed by atoms with Crippen molar-refractivity contribution in [3.63, 3.8) is 0 Å². The summed E-state index contributed by atoms with van der Waals surface area (Å²) in [7, 11) is 1.97. The van der Waals surface area contributed by atoms with E-state index in [1.807, 2.05) is 73.5 Å². The summed E-state index contributed by atoms with van der Waals surface area (Å²) in [5, 5.41) is 0. The minimum absolute atomic E-state index is 0.0105. The minimum atomic E-state index is -0.0105. The Hall–Kier alpha value is -2.07. The van der Waals surface area contributed by atoms with E-state index in [0.717, 1.165) is 21.7 Å². The molecule has 0 fully saturated rings. The summed E-state index contributed by atoms with van der Waals surface area (Å²) in [6.45, 7) is 1.95. The summed E-state index contributed by atoms with van der Waals surface area (Å²) in [4.78, 5) is 16.7. The SMILES string of the molecule is C/C(Br)=C1\N(C)c2ccccc2C(=O)N1c1ccccc1. The van der Waals surface area contributed by atoms with E-state index in [0.29, 0.717) is 5.56 Å². The van der Waals surface area contributed by atoms with Crippen molar-refractivity contribution < 1.29 is 4.79 Å². The summed E-state index contributed by atoms with van der Waals surface area (Å²) in [5.41, 5.74) is 2.49. The second-order valence-corrected chi connectivity index (χ2v) is 6.10. The molecule has 0 spiro atoms. The number of amides is 1. The van der Waals surface area contributed by atoms with Crippen LogP contribution in [0, 0.1) is 0 Å². The molecule has 0 aromatic heterocycles. The van der Waals surface area contributed by atoms with E-state index in [1.54, 1.807) is 4.90 Å². The number of allylic oxidation sites excluding steroid dienone is 1. The Kier molecular flexibility index (Phi) is 3.55. The Labute approximate surface area is 132 Å². The maximum atomic E-state index is 12.9. The molecule has 4 heteroatoms. The molecule has 0 atom stereocenters. The highest BCUT2D eigenvalue weighted by Crippen LogP contribution is 2.37. The average molecular weight is 343 g/mol. The number of benzene rings is 2. The molecule has 106 valence electrons. The molecule has 0 saturated carbocycles. The van der Waals surface area contributed by atoms with E-state index < -0.39 is 0 Å². The van der Waals surface area contributed by atoms with Crippen molar-refractivity contribution in [3.8, 4) is 0 Å². The molecule has 0 N–H and O–H groups in total. The van der Waals surface area contributed by atoms with Gasteiger partial charge in [0.2, 0.25) is 0 Å². The number of carbonyl (C=O) groups excluding carboxylic acids is 1. The Bertz CT molecular complexity index is 721. The topological polar surface area (TPSA) is 23.6 Å². The van der Waals surface area contributed by atoms with Crippen molar-refractivity contribution in [2.75, 3.05) is 16.8 Å². The van der Waals surface area contributed by atoms with Crippen molar-refractivity contribution in [1.82, 2.24) is 0 Å². The molecule has 1 aliphatic rings. The summed E-state index contributed by atoms with van der Waals surface area (Å²) in [6, 6.07) is 17.4. The number of rotatable bonds is 1. The highest BCUT2D eigenvalue weighted by molar-refractivity contribution is 9.11. The predicted molar refractivity (Wildman–Crippen MR) is 89.7 cm³/mol. The Morgan fingerprint density at radius 3 is 2.29 bits per heavy atom. The standard InChI is InChI=1S/C17H15BrN2O/c1-12(18)16-19(2)15-11-7-6-10-14(15)17(21)20(16)13-8-4-3-5-9-13/h3-11H,1-2H3/b16-12-. The van der Waals surface area contributed by atoms with Gasteiger partial charge in [0.25, 0.3) is 5.91 Å². The molecule has 3 rings (SSSR count). The van der Waals surface area contributed by atoms with Gasteiger partial charge in [-0.05, 0) is 31.2 Å². The molecule has 0 aliphatic carbocycles. The molecule has 0 bridgehead atoms. The monoisotopic (exact) mass is 342 g/mol. The molecule has 3 nitrogen and oxygen atoms in total. The van der Waals surface area contributed by atoms with Crippen LogP contribution >= 0.6 is 15.9 Å². The highest BCUT2D eigenvalue weighted by Gasteiger charge is 2.33. The quantitative estimate of drug-likeness (QED) is 0.768. The van der Waals surface area contributed by atoms with Crippen LogP contribution in [0.2, 0.25) is 0 Å². The maximum Gasteiger partial charge on any atom is 0.266 e. The first-order valence-electron chi connectivity index (χ1n) is 6.70. The third kappa shape index (κ3) is 2.25. The normalized spacial score (nSPS) is 16.8. The first-order chi connectivity index (χ1) is 10.1. The lowest BCUT2D eigenvalue weighted by Crippen LogP contribution is -2.43. The summed E-state index contributed by atoms with van der Waals surface area (Å²) >= 11 is 3.54. The van der Waals surface area contributed by atoms with Crippen LogP contribution in [-0.2, 0) is 0 Å². The van der Waals surface area contributed by atoms with Crippen LogP contribution in [0.3, 0.4) is 0 Å². The number of nitrogens with zero attached hydrogens (tertiary/aromatic N) is 2. The zero-order chi connectivity index (χ0) is 15.0. The number of anilines is 2. The third-order valence-electron chi connectivity index (χ3n) is 3.55. The fraction of sp³-hybridized carbons (Fsp3) is 0.118. The maximum absolute atomic E-state index is 12.9. The Morgan fingerprint density at radius 2 is 1.62 bits per heavy atom. The molecule has 1 amide bonds. The number of carbonyl (C=O) groups is 1. The molecule has 1 heterocycles. The van der Waals surface area contributed by atoms with Crippen LogP contribution in [0.15, 0.2) is 64.9 Å². The van der Waals surface area contributed by atoms with E-state index in [-0.39, 0.29) is 5.91 Å². The van der Waals surface area contributed by atoms with Crippen LogP contribution in [0.1, 0.15) is 17.3 Å². The molecule has 1 aliphatic heterocycles. The molecule has 0 unspecified atom stereocenters. The Morgan fingerprint density at radius 1 is 1.00 bits per heavy atom. The lowest BCUT2D eigenvalue weighted by molar-refractivity contribution is 0.0991. The fourth-order valence-corrected chi connectivity index (χ4v) is 3.07. The average Bonchev–Trinajstić information content (AvgIpc) is 2.51. The third-order valence-corrected chi connectivity index (χ3v) is 3.91. The number of hydrogen-bond acceptors (Lipinski definition) is 2. The van der Waals surface area contributed by atoms with Gasteiger partial charge in [-0.2, -0.15) is 0 Å². The molecular formula is C17H15BrN2O. The summed E-state index contributed by atoms with van der Waals surface area (Å²) < 4.78 is 0.914. The summed E-state index contributed by atoms with van der Waals surface area (Å²) in [6.07, 6.45) is 0. The molecule has 2 aromatic carbocycles. The lowest BCUT2D eigenvalue weighted by Gasteiger charge is -2.38. The molecule has 0 saturated heterocycles. The van der Waals surface area contributed by atoms with Crippen molar-refractivity contribution in [2.45, 2.75) is 6.92 Å². The van der Waals surface area contributed by atoms with Gasteiger partial charge in [0.15, 0.2) is 0 Å². The predicted octanol–water partition coefficient (Wildman–Crippen LogP) is 4.37. The van der Waals surface area contributed by atoms with Gasteiger partial charge in [-0.15, -0.1) is 0 Å². The zero-order valence-corrected chi connectivity index (χ0v) is 13.5. The van der Waals surface area contributed by atoms with Crippen molar-refractivity contribution in [1.29, 1.82) is 0 Å². The van der Waals surface area contributed by atoms with Crippen LogP contribution in [-0.4, -0.2) is 13.0 Å². The fourth-order valence-electron chi connectivity index (χ4n) is 2.63. The van der Waals surface area contributed by atoms with E-state index in [2.05, 4.69) is 15.9 Å². The minimum Gasteiger partial charge on any atom is -0.329 e. The summed E-state index contributed by atoms with van der Waals surface area (Å²) in [5.74, 6) is 0.827. The van der Waals surface area contributed by atoms with Crippen molar-refractivity contribution in [2.24, 2.45) is 0 Å². The number of halogens is 1. The number of para-hydroxylation sites is 2. The van der Waals surface area contributed by atoms with E-state index >= 15 is 0 Å². The van der Waals surface area contributed by atoms with Gasteiger partial charge in [0, 0.05) is 11.5 Å². The largest absolute Gasteiger partial charge is 0.329 e. The highest BCUT2D eigenvalue weighted by atomic mass is 79.9. The first-order valence-corrected chi connectivity index (χ1v) is 7.49. The second-order valence-electron chi connectivity index (χ2n) is 4.91. The van der Waals surface area contributed by atoms with E-state index in [1.165, 1.54) is 0 Å². The van der Waals surface area contributed by atoms with Crippen molar-refractivity contribution in [3.05, 3.63) is 70.5 Å². The van der Waals surface area contributed by atoms with Crippen LogP contribution < -0.4 is 9.80 Å². The number of fused-ring (bicyclic) bond motifs is 1. The van der Waals surface area contributed by atoms with Gasteiger partial charge in [-0.3, -0.25) is 9.69 Å². The molecule has 21 heavy (non-hydrogen) atoms. The van der Waals surface area contributed by atoms with Gasteiger partial charge in [0.05, 0.1) is 16.9 Å². The van der Waals surface area contributed by atoms with Crippen LogP contribution in [0.5, 0.6) is 0 Å². The van der Waals surface area contributed by atoms with Crippen molar-refractivity contribution >= 4 is 33.2 Å². The smallest absolute Gasteiger partial charge is 0.266 e. The van der Waals surface area contributed by atoms with Gasteiger partial charge in [0.1, 0.15) is 5.82 Å². The lowest BCUT2D eigenvalue weighted by atomic mass is 10.1.